The van der Waals surface area contributed by atoms with Gasteiger partial charge >= 0.3 is 0 Å². The van der Waals surface area contributed by atoms with Crippen molar-refractivity contribution in [3.05, 3.63) is 47.2 Å². The molecule has 4 nitrogen and oxygen atoms in total. The van der Waals surface area contributed by atoms with Gasteiger partial charge in [0, 0.05) is 12.1 Å². The van der Waals surface area contributed by atoms with Gasteiger partial charge in [-0.3, -0.25) is 0 Å². The number of benzene rings is 1. The van der Waals surface area contributed by atoms with Crippen LogP contribution >= 0.6 is 24.0 Å². The molecular formula is C15H19Cl2NO3. The Hall–Kier alpha value is -1.04. The van der Waals surface area contributed by atoms with E-state index in [0.29, 0.717) is 31.3 Å². The van der Waals surface area contributed by atoms with E-state index in [2.05, 4.69) is 5.32 Å². The minimum atomic E-state index is 0. The molecule has 1 heterocycles. The lowest BCUT2D eigenvalue weighted by atomic mass is 10.2. The molecule has 0 saturated heterocycles. The lowest BCUT2D eigenvalue weighted by Crippen LogP contribution is -2.19. The highest BCUT2D eigenvalue weighted by molar-refractivity contribution is 6.33. The third kappa shape index (κ3) is 5.69. The second-order valence-electron chi connectivity index (χ2n) is 4.26. The maximum absolute atomic E-state index is 8.56. The monoisotopic (exact) mass is 331 g/mol. The number of aliphatic hydroxyl groups is 1. The fraction of sp³-hybridized carbons (Fsp3) is 0.333. The number of nitrogens with one attached hydrogen (secondary N) is 1. The highest BCUT2D eigenvalue weighted by atomic mass is 35.5. The van der Waals surface area contributed by atoms with Crippen LogP contribution < -0.4 is 5.32 Å². The van der Waals surface area contributed by atoms with E-state index in [9.17, 15) is 0 Å². The van der Waals surface area contributed by atoms with Gasteiger partial charge in [0.05, 0.1) is 31.4 Å². The highest BCUT2D eigenvalue weighted by Crippen LogP contribution is 2.28. The number of hydrogen-bond donors (Lipinski definition) is 2. The zero-order valence-electron chi connectivity index (χ0n) is 11.5. The molecule has 0 aliphatic rings. The van der Waals surface area contributed by atoms with Crippen molar-refractivity contribution in [1.82, 2.24) is 5.32 Å². The van der Waals surface area contributed by atoms with Crippen molar-refractivity contribution >= 4 is 24.0 Å². The minimum Gasteiger partial charge on any atom is -0.460 e. The van der Waals surface area contributed by atoms with Crippen molar-refractivity contribution in [3.63, 3.8) is 0 Å². The average Bonchev–Trinajstić information content (AvgIpc) is 2.92. The minimum absolute atomic E-state index is 0. The molecule has 0 fully saturated rings. The molecule has 2 aromatic rings. The standard InChI is InChI=1S/C15H18ClNO3.ClH/c16-14-4-2-1-3-13(14)15-6-5-12(20-15)11-17-7-9-19-10-8-18;/h1-6,17-18H,7-11H2;1H. The van der Waals surface area contributed by atoms with Crippen molar-refractivity contribution in [1.29, 1.82) is 0 Å². The SMILES string of the molecule is Cl.OCCOCCNCc1ccc(-c2ccccc2Cl)o1. The second kappa shape index (κ2) is 9.82. The molecule has 0 spiro atoms. The Morgan fingerprint density at radius 2 is 1.95 bits per heavy atom. The van der Waals surface area contributed by atoms with Crippen molar-refractivity contribution in [2.24, 2.45) is 0 Å². The van der Waals surface area contributed by atoms with E-state index in [0.717, 1.165) is 17.1 Å². The van der Waals surface area contributed by atoms with Gasteiger partial charge in [0.15, 0.2) is 0 Å². The summed E-state index contributed by atoms with van der Waals surface area (Å²) in [5.41, 5.74) is 0.895. The van der Waals surface area contributed by atoms with Crippen LogP contribution in [-0.2, 0) is 11.3 Å². The van der Waals surface area contributed by atoms with Crippen molar-refractivity contribution in [2.75, 3.05) is 26.4 Å². The van der Waals surface area contributed by atoms with Crippen LogP contribution in [0.4, 0.5) is 0 Å². The first-order chi connectivity index (χ1) is 9.81. The summed E-state index contributed by atoms with van der Waals surface area (Å²) in [7, 11) is 0. The lowest BCUT2D eigenvalue weighted by molar-refractivity contribution is 0.0936. The van der Waals surface area contributed by atoms with Crippen LogP contribution in [0.25, 0.3) is 11.3 Å². The normalized spacial score (nSPS) is 10.4. The Balaban J connectivity index is 0.00000220. The molecule has 116 valence electrons. The van der Waals surface area contributed by atoms with Gasteiger partial charge in [-0.2, -0.15) is 0 Å². The summed E-state index contributed by atoms with van der Waals surface area (Å²) in [6, 6.07) is 11.4. The van der Waals surface area contributed by atoms with E-state index in [-0.39, 0.29) is 19.0 Å². The summed E-state index contributed by atoms with van der Waals surface area (Å²) in [6.45, 7) is 2.34. The van der Waals surface area contributed by atoms with Gasteiger partial charge in [0.2, 0.25) is 0 Å². The summed E-state index contributed by atoms with van der Waals surface area (Å²) in [6.07, 6.45) is 0. The number of aliphatic hydroxyl groups excluding tert-OH is 1. The maximum atomic E-state index is 8.56. The van der Waals surface area contributed by atoms with Gasteiger partial charge in [-0.15, -0.1) is 12.4 Å². The summed E-state index contributed by atoms with van der Waals surface area (Å²) >= 11 is 6.13. The Labute approximate surface area is 135 Å². The predicted octanol–water partition coefficient (Wildman–Crippen LogP) is 3.12. The Morgan fingerprint density at radius 3 is 2.71 bits per heavy atom. The van der Waals surface area contributed by atoms with Gasteiger partial charge in [-0.25, -0.2) is 0 Å². The van der Waals surface area contributed by atoms with Crippen LogP contribution in [0.15, 0.2) is 40.8 Å². The molecule has 0 aliphatic carbocycles. The molecule has 21 heavy (non-hydrogen) atoms. The number of hydrogen-bond acceptors (Lipinski definition) is 4. The van der Waals surface area contributed by atoms with Crippen molar-refractivity contribution in [3.8, 4) is 11.3 Å². The first kappa shape index (κ1) is 18.0. The molecule has 2 N–H and O–H groups in total. The number of furan rings is 1. The first-order valence-electron chi connectivity index (χ1n) is 6.54. The van der Waals surface area contributed by atoms with Crippen LogP contribution in [0.2, 0.25) is 5.02 Å². The van der Waals surface area contributed by atoms with E-state index in [1.54, 1.807) is 0 Å². The second-order valence-corrected chi connectivity index (χ2v) is 4.67. The van der Waals surface area contributed by atoms with Gasteiger partial charge in [-0.05, 0) is 24.3 Å². The zero-order chi connectivity index (χ0) is 14.2. The molecule has 2 rings (SSSR count). The number of ether oxygens (including phenoxy) is 1. The average molecular weight is 332 g/mol. The highest BCUT2D eigenvalue weighted by Gasteiger charge is 2.07. The van der Waals surface area contributed by atoms with E-state index in [4.69, 9.17) is 25.9 Å². The Morgan fingerprint density at radius 1 is 1.14 bits per heavy atom. The van der Waals surface area contributed by atoms with Gasteiger partial charge in [0.25, 0.3) is 0 Å². The summed E-state index contributed by atoms with van der Waals surface area (Å²) in [5.74, 6) is 1.62. The molecule has 1 aromatic heterocycles. The van der Waals surface area contributed by atoms with Crippen LogP contribution in [-0.4, -0.2) is 31.5 Å². The topological polar surface area (TPSA) is 54.6 Å². The van der Waals surface area contributed by atoms with Gasteiger partial charge in [-0.1, -0.05) is 23.7 Å². The van der Waals surface area contributed by atoms with Crippen LogP contribution in [0.1, 0.15) is 5.76 Å². The fourth-order valence-electron chi connectivity index (χ4n) is 1.80. The molecule has 0 amide bonds. The van der Waals surface area contributed by atoms with Crippen molar-refractivity contribution in [2.45, 2.75) is 6.54 Å². The zero-order valence-corrected chi connectivity index (χ0v) is 13.1. The maximum Gasteiger partial charge on any atom is 0.135 e. The summed E-state index contributed by atoms with van der Waals surface area (Å²) < 4.78 is 10.9. The molecule has 0 unspecified atom stereocenters. The van der Waals surface area contributed by atoms with Crippen LogP contribution in [0, 0.1) is 0 Å². The van der Waals surface area contributed by atoms with Gasteiger partial charge in [0.1, 0.15) is 11.5 Å². The summed E-state index contributed by atoms with van der Waals surface area (Å²) in [4.78, 5) is 0. The lowest BCUT2D eigenvalue weighted by Gasteiger charge is -2.03. The van der Waals surface area contributed by atoms with E-state index < -0.39 is 0 Å². The largest absolute Gasteiger partial charge is 0.460 e. The molecule has 0 radical (unpaired) electrons. The van der Waals surface area contributed by atoms with Crippen LogP contribution in [0.3, 0.4) is 0 Å². The van der Waals surface area contributed by atoms with E-state index in [1.807, 2.05) is 36.4 Å². The van der Waals surface area contributed by atoms with E-state index >= 15 is 0 Å². The Bertz CT molecular complexity index is 531. The molecule has 1 aromatic carbocycles. The Kier molecular flexibility index (Phi) is 8.42. The number of halogens is 2. The number of rotatable bonds is 8. The molecular weight excluding hydrogens is 313 g/mol. The first-order valence-corrected chi connectivity index (χ1v) is 6.92. The molecule has 0 saturated carbocycles. The fourth-order valence-corrected chi connectivity index (χ4v) is 2.03. The third-order valence-corrected chi connectivity index (χ3v) is 3.09. The molecule has 0 bridgehead atoms. The molecule has 6 heteroatoms. The van der Waals surface area contributed by atoms with Crippen LogP contribution in [0.5, 0.6) is 0 Å². The molecule has 0 aliphatic heterocycles. The van der Waals surface area contributed by atoms with E-state index in [1.165, 1.54) is 0 Å². The van der Waals surface area contributed by atoms with Crippen molar-refractivity contribution < 1.29 is 14.3 Å². The smallest absolute Gasteiger partial charge is 0.135 e. The summed E-state index contributed by atoms with van der Waals surface area (Å²) in [5, 5.41) is 12.4. The predicted molar refractivity (Wildman–Crippen MR) is 86.0 cm³/mol. The third-order valence-electron chi connectivity index (χ3n) is 2.76. The van der Waals surface area contributed by atoms with Gasteiger partial charge < -0.3 is 19.6 Å². The quantitative estimate of drug-likeness (QED) is 0.730. The molecule has 0 atom stereocenters.